The topological polar surface area (TPSA) is 127 Å². The number of nitrogens with one attached hydrogen (secondary N) is 1. The first-order valence-corrected chi connectivity index (χ1v) is 20.9. The quantitative estimate of drug-likeness (QED) is 0.130. The summed E-state index contributed by atoms with van der Waals surface area (Å²) >= 11 is 13.6. The van der Waals surface area contributed by atoms with Crippen molar-refractivity contribution in [3.8, 4) is 28.4 Å². The molecule has 0 radical (unpaired) electrons. The van der Waals surface area contributed by atoms with Crippen LogP contribution >= 0.6 is 34.5 Å². The molecule has 0 saturated carbocycles. The van der Waals surface area contributed by atoms with Gasteiger partial charge in [0, 0.05) is 36.3 Å². The van der Waals surface area contributed by atoms with Crippen molar-refractivity contribution in [2.45, 2.75) is 58.9 Å². The number of hydrogen-bond donors (Lipinski definition) is 2. The van der Waals surface area contributed by atoms with Crippen LogP contribution in [0.1, 0.15) is 59.7 Å². The molecule has 10 nitrogen and oxygen atoms in total. The molecule has 4 aromatic carbocycles. The minimum absolute atomic E-state index is 0.162. The number of amides is 2. The smallest absolute Gasteiger partial charge is 0.290 e. The van der Waals surface area contributed by atoms with Crippen molar-refractivity contribution in [3.05, 3.63) is 162 Å². The number of benzene rings is 4. The van der Waals surface area contributed by atoms with E-state index in [2.05, 4.69) is 41.5 Å². The van der Waals surface area contributed by atoms with Crippen LogP contribution in [0.3, 0.4) is 0 Å². The molecule has 0 aliphatic carbocycles. The molecule has 0 bridgehead atoms. The van der Waals surface area contributed by atoms with Crippen molar-refractivity contribution in [3.63, 3.8) is 0 Å². The molecule has 13 heteroatoms. The van der Waals surface area contributed by atoms with Crippen LogP contribution in [0, 0.1) is 20.8 Å². The normalized spacial score (nSPS) is 15.2. The first kappa shape index (κ1) is 42.3. The maximum atomic E-state index is 14.0. The highest BCUT2D eigenvalue weighted by atomic mass is 35.5. The molecule has 6 aromatic rings. The van der Waals surface area contributed by atoms with Crippen LogP contribution in [-0.4, -0.2) is 52.5 Å². The monoisotopic (exact) mass is 863 g/mol. The third-order valence-corrected chi connectivity index (χ3v) is 12.4. The summed E-state index contributed by atoms with van der Waals surface area (Å²) < 4.78 is 18.7. The number of thiophene rings is 1. The largest absolute Gasteiger partial charge is 0.489 e. The second-order valence-electron chi connectivity index (χ2n) is 14.6. The van der Waals surface area contributed by atoms with Crippen molar-refractivity contribution < 1.29 is 33.7 Å². The molecule has 0 spiro atoms. The van der Waals surface area contributed by atoms with Crippen LogP contribution in [-0.2, 0) is 35.6 Å². The lowest BCUT2D eigenvalue weighted by molar-refractivity contribution is -0.126. The zero-order chi connectivity index (χ0) is 42.3. The average molecular weight is 865 g/mol. The molecule has 4 heterocycles. The Morgan fingerprint density at radius 2 is 1.65 bits per heavy atom. The molecule has 60 heavy (non-hydrogen) atoms. The Morgan fingerprint density at radius 3 is 2.37 bits per heavy atom. The fraction of sp³-hybridized carbons (Fsp3) is 0.234. The van der Waals surface area contributed by atoms with E-state index < -0.39 is 6.04 Å². The second-order valence-corrected chi connectivity index (χ2v) is 16.7. The van der Waals surface area contributed by atoms with Crippen LogP contribution in [0.15, 0.2) is 103 Å². The summed E-state index contributed by atoms with van der Waals surface area (Å²) in [4.78, 5) is 44.0. The summed E-state index contributed by atoms with van der Waals surface area (Å²) in [6.07, 6.45) is 2.52. The molecule has 2 aromatic heterocycles. The van der Waals surface area contributed by atoms with Gasteiger partial charge in [-0.15, -0.1) is 11.3 Å². The van der Waals surface area contributed by atoms with Gasteiger partial charge in [-0.05, 0) is 126 Å². The summed E-state index contributed by atoms with van der Waals surface area (Å²) in [7, 11) is 0. The van der Waals surface area contributed by atoms with Gasteiger partial charge < -0.3 is 29.5 Å². The van der Waals surface area contributed by atoms with Crippen molar-refractivity contribution in [1.82, 2.24) is 15.2 Å². The minimum Gasteiger partial charge on any atom is -0.489 e. The number of fused-ring (bicyclic) bond motifs is 2. The molecule has 2 aliphatic heterocycles. The molecule has 308 valence electrons. The van der Waals surface area contributed by atoms with E-state index in [1.54, 1.807) is 17.0 Å². The Morgan fingerprint density at radius 1 is 0.917 bits per heavy atom. The first-order valence-electron chi connectivity index (χ1n) is 19.4. The number of pyridine rings is 1. The van der Waals surface area contributed by atoms with Gasteiger partial charge in [-0.2, -0.15) is 0 Å². The van der Waals surface area contributed by atoms with Crippen LogP contribution in [0.4, 0.5) is 0 Å². The Labute approximate surface area is 362 Å². The van der Waals surface area contributed by atoms with Crippen LogP contribution in [0.25, 0.3) is 11.1 Å². The Bertz CT molecular complexity index is 2510. The van der Waals surface area contributed by atoms with Gasteiger partial charge in [0.2, 0.25) is 5.91 Å². The van der Waals surface area contributed by atoms with Gasteiger partial charge in [0.25, 0.3) is 12.4 Å². The molecule has 0 saturated heterocycles. The Hall–Kier alpha value is -5.88. The number of carbonyl (C=O) groups excluding carboxylic acids is 2. The van der Waals surface area contributed by atoms with E-state index in [0.29, 0.717) is 64.8 Å². The van der Waals surface area contributed by atoms with E-state index >= 15 is 0 Å². The van der Waals surface area contributed by atoms with E-state index in [4.69, 9.17) is 47.3 Å². The number of aromatic nitrogens is 1. The third kappa shape index (κ3) is 9.76. The summed E-state index contributed by atoms with van der Waals surface area (Å²) in [5.74, 6) is 1.60. The number of carboxylic acid groups (broad SMARTS) is 1. The van der Waals surface area contributed by atoms with E-state index in [1.165, 1.54) is 22.5 Å². The maximum absolute atomic E-state index is 14.0. The highest BCUT2D eigenvalue weighted by Crippen LogP contribution is 2.41. The summed E-state index contributed by atoms with van der Waals surface area (Å²) in [5, 5.41) is 11.0. The van der Waals surface area contributed by atoms with E-state index in [9.17, 15) is 9.59 Å². The standard InChI is InChI=1S/C46H41Cl2N3O5S.CH2O2/c1-27-4-15-44(57-27)46(53)51-24-35-23-42-41(55-26-43(56-42)33-10-12-36(13-11-33)54-25-31-7-14-38(47)39(48)20-31)22-34(35)21-40(51)45(52)50-18-16-30-5-8-32(9-6-30)37-17-19-49-29(3)28(37)2;2-1-3/h4-15,17,19-20,22-23,40,43H,16,18,21,24-26H2,1-3H3,(H,50,52);1H,(H,2,3). The third-order valence-electron chi connectivity index (χ3n) is 10.6. The average Bonchev–Trinajstić information content (AvgIpc) is 3.70. The fourth-order valence-electron chi connectivity index (χ4n) is 7.28. The zero-order valence-corrected chi connectivity index (χ0v) is 35.6. The molecule has 2 aliphatic rings. The number of rotatable bonds is 10. The number of halogens is 2. The number of nitrogens with zero attached hydrogens (tertiary/aromatic N) is 2. The SMILES string of the molecule is Cc1ccc(C(=O)N2Cc3cc4c(cc3CC2C(=O)NCCc2ccc(-c3ccnc(C)c3C)cc2)OCC(c2ccc(OCc3ccc(Cl)c(Cl)c3)cc2)O4)s1.O=CO. The lowest BCUT2D eigenvalue weighted by Gasteiger charge is -2.37. The summed E-state index contributed by atoms with van der Waals surface area (Å²) in [6, 6.07) is 30.6. The molecular weight excluding hydrogens is 822 g/mol. The van der Waals surface area contributed by atoms with E-state index in [0.717, 1.165) is 44.0 Å². The minimum atomic E-state index is -0.680. The summed E-state index contributed by atoms with van der Waals surface area (Å²) in [6.45, 7) is 7.22. The van der Waals surface area contributed by atoms with Gasteiger partial charge >= 0.3 is 0 Å². The lowest BCUT2D eigenvalue weighted by atomic mass is 9.92. The Balaban J connectivity index is 0.00000176. The van der Waals surface area contributed by atoms with Gasteiger partial charge in [0.05, 0.1) is 14.9 Å². The lowest BCUT2D eigenvalue weighted by Crippen LogP contribution is -2.52. The Kier molecular flexibility index (Phi) is 13.4. The molecule has 0 fully saturated rings. The molecule has 2 atom stereocenters. The molecular formula is C47H43Cl2N3O7S. The van der Waals surface area contributed by atoms with E-state index in [-0.39, 0.29) is 30.9 Å². The van der Waals surface area contributed by atoms with Gasteiger partial charge in [0.1, 0.15) is 25.0 Å². The number of carbonyl (C=O) groups is 3. The molecule has 2 amide bonds. The molecule has 8 rings (SSSR count). The number of aryl methyl sites for hydroxylation is 2. The van der Waals surface area contributed by atoms with Gasteiger partial charge in [-0.1, -0.05) is 65.7 Å². The van der Waals surface area contributed by atoms with Gasteiger partial charge in [-0.3, -0.25) is 19.4 Å². The highest BCUT2D eigenvalue weighted by Gasteiger charge is 2.37. The highest BCUT2D eigenvalue weighted by molar-refractivity contribution is 7.13. The number of ether oxygens (including phenoxy) is 3. The van der Waals surface area contributed by atoms with Crippen molar-refractivity contribution >= 4 is 52.8 Å². The van der Waals surface area contributed by atoms with Crippen molar-refractivity contribution in [1.29, 1.82) is 0 Å². The maximum Gasteiger partial charge on any atom is 0.290 e. The van der Waals surface area contributed by atoms with Crippen molar-refractivity contribution in [2.24, 2.45) is 0 Å². The second kappa shape index (κ2) is 19.0. The van der Waals surface area contributed by atoms with Gasteiger partial charge in [0.15, 0.2) is 17.6 Å². The van der Waals surface area contributed by atoms with Crippen LogP contribution in [0.2, 0.25) is 10.0 Å². The predicted octanol–water partition coefficient (Wildman–Crippen LogP) is 9.76. The fourth-order valence-corrected chi connectivity index (χ4v) is 8.43. The van der Waals surface area contributed by atoms with Gasteiger partial charge in [-0.25, -0.2) is 0 Å². The summed E-state index contributed by atoms with van der Waals surface area (Å²) in [5.41, 5.74) is 9.34. The molecule has 2 unspecified atom stereocenters. The van der Waals surface area contributed by atoms with Crippen LogP contribution < -0.4 is 19.5 Å². The predicted molar refractivity (Wildman–Crippen MR) is 234 cm³/mol. The number of hydrogen-bond acceptors (Lipinski definition) is 8. The first-order chi connectivity index (χ1) is 29.0. The van der Waals surface area contributed by atoms with Crippen LogP contribution in [0.5, 0.6) is 17.2 Å². The van der Waals surface area contributed by atoms with E-state index in [1.807, 2.05) is 80.7 Å². The van der Waals surface area contributed by atoms with Crippen molar-refractivity contribution in [2.75, 3.05) is 13.2 Å². The zero-order valence-electron chi connectivity index (χ0n) is 33.2. The molecule has 2 N–H and O–H groups in total.